The number of sulfonamides is 1. The Morgan fingerprint density at radius 1 is 1.07 bits per heavy atom. The summed E-state index contributed by atoms with van der Waals surface area (Å²) in [6.07, 6.45) is 0.194. The van der Waals surface area contributed by atoms with Gasteiger partial charge in [0.05, 0.1) is 4.90 Å². The molecule has 1 fully saturated rings. The second-order valence-electron chi connectivity index (χ2n) is 6.53. The van der Waals surface area contributed by atoms with Crippen LogP contribution in [0.25, 0.3) is 0 Å². The Bertz CT molecular complexity index is 885. The van der Waals surface area contributed by atoms with Crippen LogP contribution in [0.4, 0.5) is 4.39 Å². The molecular weight excluding hydrogens is 383 g/mol. The van der Waals surface area contributed by atoms with Crippen LogP contribution in [0.5, 0.6) is 0 Å². The Morgan fingerprint density at radius 2 is 1.71 bits per heavy atom. The third kappa shape index (κ3) is 5.59. The Hall–Kier alpha value is -2.33. The van der Waals surface area contributed by atoms with Crippen LogP contribution in [0.1, 0.15) is 5.56 Å². The normalized spacial score (nSPS) is 16.5. The maximum atomic E-state index is 13.1. The van der Waals surface area contributed by atoms with Gasteiger partial charge in [0.1, 0.15) is 11.9 Å². The first-order chi connectivity index (χ1) is 13.4. The van der Waals surface area contributed by atoms with Crippen molar-refractivity contribution in [3.63, 3.8) is 0 Å². The van der Waals surface area contributed by atoms with Gasteiger partial charge in [0.25, 0.3) is 5.91 Å². The lowest BCUT2D eigenvalue weighted by Gasteiger charge is -2.29. The summed E-state index contributed by atoms with van der Waals surface area (Å²) in [7, 11) is -3.99. The molecule has 28 heavy (non-hydrogen) atoms. The highest BCUT2D eigenvalue weighted by Gasteiger charge is 2.27. The zero-order valence-electron chi connectivity index (χ0n) is 15.3. The molecule has 150 valence electrons. The van der Waals surface area contributed by atoms with Crippen LogP contribution >= 0.6 is 0 Å². The number of hydrogen-bond donors (Lipinski definition) is 3. The number of hydrazine groups is 1. The predicted molar refractivity (Wildman–Crippen MR) is 103 cm³/mol. The average Bonchev–Trinajstić information content (AvgIpc) is 2.69. The third-order valence-electron chi connectivity index (χ3n) is 4.41. The van der Waals surface area contributed by atoms with Gasteiger partial charge in [-0.15, -0.1) is 0 Å². The molecule has 0 aliphatic carbocycles. The first-order valence-electron chi connectivity index (χ1n) is 9.02. The van der Waals surface area contributed by atoms with Crippen LogP contribution in [0.3, 0.4) is 0 Å². The topological polar surface area (TPSA) is 90.5 Å². The molecule has 0 radical (unpaired) electrons. The van der Waals surface area contributed by atoms with Crippen LogP contribution < -0.4 is 15.5 Å². The van der Waals surface area contributed by atoms with Gasteiger partial charge in [-0.25, -0.2) is 17.8 Å². The highest BCUT2D eigenvalue weighted by Crippen LogP contribution is 2.12. The number of amides is 1. The highest BCUT2D eigenvalue weighted by molar-refractivity contribution is 7.89. The van der Waals surface area contributed by atoms with Crippen LogP contribution in [-0.4, -0.2) is 51.6 Å². The van der Waals surface area contributed by atoms with Crippen LogP contribution in [0, 0.1) is 5.82 Å². The highest BCUT2D eigenvalue weighted by atomic mass is 32.2. The second kappa shape index (κ2) is 9.24. The van der Waals surface area contributed by atoms with Crippen molar-refractivity contribution < 1.29 is 17.6 Å². The van der Waals surface area contributed by atoms with E-state index >= 15 is 0 Å². The molecular formula is C19H23FN4O3S. The van der Waals surface area contributed by atoms with Gasteiger partial charge in [-0.1, -0.05) is 30.3 Å². The van der Waals surface area contributed by atoms with Crippen molar-refractivity contribution in [2.75, 3.05) is 26.2 Å². The lowest BCUT2D eigenvalue weighted by Crippen LogP contribution is -2.57. The maximum Gasteiger partial charge on any atom is 0.252 e. The average molecular weight is 406 g/mol. The fraction of sp³-hybridized carbons (Fsp3) is 0.316. The van der Waals surface area contributed by atoms with Crippen molar-refractivity contribution in [1.29, 1.82) is 0 Å². The van der Waals surface area contributed by atoms with Gasteiger partial charge in [-0.3, -0.25) is 10.2 Å². The predicted octanol–water partition coefficient (Wildman–Crippen LogP) is 0.652. The molecule has 1 amide bonds. The van der Waals surface area contributed by atoms with Crippen molar-refractivity contribution >= 4 is 15.9 Å². The molecule has 3 N–H and O–H groups in total. The number of nitrogens with zero attached hydrogens (tertiary/aromatic N) is 1. The monoisotopic (exact) mass is 406 g/mol. The van der Waals surface area contributed by atoms with E-state index in [0.717, 1.165) is 30.8 Å². The smallest absolute Gasteiger partial charge is 0.252 e. The number of halogens is 1. The maximum absolute atomic E-state index is 13.1. The molecule has 0 saturated carbocycles. The van der Waals surface area contributed by atoms with Crippen LogP contribution in [-0.2, 0) is 21.2 Å². The van der Waals surface area contributed by atoms with E-state index < -0.39 is 27.8 Å². The fourth-order valence-corrected chi connectivity index (χ4v) is 4.11. The van der Waals surface area contributed by atoms with E-state index in [1.54, 1.807) is 5.01 Å². The van der Waals surface area contributed by atoms with E-state index in [1.807, 2.05) is 30.3 Å². The molecule has 0 unspecified atom stereocenters. The number of benzene rings is 2. The third-order valence-corrected chi connectivity index (χ3v) is 5.89. The Kier molecular flexibility index (Phi) is 6.74. The summed E-state index contributed by atoms with van der Waals surface area (Å²) in [5, 5.41) is 4.95. The number of nitrogens with one attached hydrogen (secondary N) is 3. The number of carbonyl (C=O) groups excluding carboxylic acids is 1. The van der Waals surface area contributed by atoms with Gasteiger partial charge in [-0.2, -0.15) is 4.72 Å². The molecule has 0 bridgehead atoms. The number of piperazine rings is 1. The summed E-state index contributed by atoms with van der Waals surface area (Å²) in [5.74, 6) is -0.965. The van der Waals surface area contributed by atoms with Gasteiger partial charge < -0.3 is 5.32 Å². The van der Waals surface area contributed by atoms with Crippen molar-refractivity contribution in [3.05, 3.63) is 66.0 Å². The Balaban J connectivity index is 1.78. The Morgan fingerprint density at radius 3 is 2.36 bits per heavy atom. The van der Waals surface area contributed by atoms with Gasteiger partial charge in [0.2, 0.25) is 10.0 Å². The molecule has 0 aromatic heterocycles. The van der Waals surface area contributed by atoms with E-state index in [0.29, 0.717) is 13.1 Å². The van der Waals surface area contributed by atoms with Crippen molar-refractivity contribution in [1.82, 2.24) is 20.5 Å². The first kappa shape index (κ1) is 20.4. The second-order valence-corrected chi connectivity index (χ2v) is 8.24. The van der Waals surface area contributed by atoms with Crippen LogP contribution in [0.15, 0.2) is 59.5 Å². The van der Waals surface area contributed by atoms with Crippen LogP contribution in [0.2, 0.25) is 0 Å². The summed E-state index contributed by atoms with van der Waals surface area (Å²) >= 11 is 0. The van der Waals surface area contributed by atoms with Crippen molar-refractivity contribution in [2.45, 2.75) is 17.4 Å². The zero-order valence-corrected chi connectivity index (χ0v) is 16.1. The summed E-state index contributed by atoms with van der Waals surface area (Å²) in [5.41, 5.74) is 3.61. The molecule has 1 atom stereocenters. The molecule has 0 spiro atoms. The zero-order chi connectivity index (χ0) is 20.0. The SMILES string of the molecule is O=C(NN1CCNCC1)[C@H](Cc1ccccc1)NS(=O)(=O)c1ccc(F)cc1. The largest absolute Gasteiger partial charge is 0.314 e. The molecule has 1 aliphatic rings. The summed E-state index contributed by atoms with van der Waals surface area (Å²) in [6, 6.07) is 12.6. The Labute approximate surface area is 164 Å². The summed E-state index contributed by atoms with van der Waals surface area (Å²) in [6.45, 7) is 2.75. The number of rotatable bonds is 7. The summed E-state index contributed by atoms with van der Waals surface area (Å²) < 4.78 is 41.0. The molecule has 2 aromatic carbocycles. The van der Waals surface area contributed by atoms with E-state index in [4.69, 9.17) is 0 Å². The van der Waals surface area contributed by atoms with Crippen molar-refractivity contribution in [3.8, 4) is 0 Å². The lowest BCUT2D eigenvalue weighted by atomic mass is 10.1. The fourth-order valence-electron chi connectivity index (χ4n) is 2.92. The van der Waals surface area contributed by atoms with Crippen molar-refractivity contribution in [2.24, 2.45) is 0 Å². The molecule has 1 heterocycles. The number of hydrogen-bond acceptors (Lipinski definition) is 5. The minimum Gasteiger partial charge on any atom is -0.314 e. The lowest BCUT2D eigenvalue weighted by molar-refractivity contribution is -0.127. The van der Waals surface area contributed by atoms with Gasteiger partial charge in [0, 0.05) is 26.2 Å². The van der Waals surface area contributed by atoms with E-state index in [1.165, 1.54) is 12.1 Å². The van der Waals surface area contributed by atoms with E-state index in [2.05, 4.69) is 15.5 Å². The molecule has 1 saturated heterocycles. The molecule has 1 aliphatic heterocycles. The minimum absolute atomic E-state index is 0.0954. The first-order valence-corrected chi connectivity index (χ1v) is 10.5. The minimum atomic E-state index is -3.99. The molecule has 3 rings (SSSR count). The van der Waals surface area contributed by atoms with E-state index in [-0.39, 0.29) is 11.3 Å². The summed E-state index contributed by atoms with van der Waals surface area (Å²) in [4.78, 5) is 12.7. The quantitative estimate of drug-likeness (QED) is 0.628. The van der Waals surface area contributed by atoms with Gasteiger partial charge in [-0.05, 0) is 36.2 Å². The molecule has 2 aromatic rings. The standard InChI is InChI=1S/C19H23FN4O3S/c20-16-6-8-17(9-7-16)28(26,27)23-18(14-15-4-2-1-3-5-15)19(25)22-24-12-10-21-11-13-24/h1-9,18,21,23H,10-14H2,(H,22,25)/t18-/m0/s1. The van der Waals surface area contributed by atoms with Gasteiger partial charge in [0.15, 0.2) is 0 Å². The number of carbonyl (C=O) groups is 1. The van der Waals surface area contributed by atoms with Gasteiger partial charge >= 0.3 is 0 Å². The van der Waals surface area contributed by atoms with E-state index in [9.17, 15) is 17.6 Å². The molecule has 7 nitrogen and oxygen atoms in total. The molecule has 9 heteroatoms.